The molecular weight excluding hydrogens is 216 g/mol. The van der Waals surface area contributed by atoms with Gasteiger partial charge in [0, 0.05) is 18.7 Å². The van der Waals surface area contributed by atoms with Crippen LogP contribution in [0.1, 0.15) is 6.92 Å². The summed E-state index contributed by atoms with van der Waals surface area (Å²) in [5, 5.41) is 11.0. The van der Waals surface area contributed by atoms with E-state index in [0.717, 1.165) is 16.8 Å². The van der Waals surface area contributed by atoms with Crippen molar-refractivity contribution >= 4 is 5.97 Å². The second kappa shape index (κ2) is 5.26. The zero-order valence-electron chi connectivity index (χ0n) is 8.67. The molecule has 1 heterocycles. The van der Waals surface area contributed by atoms with Gasteiger partial charge in [-0.25, -0.2) is 9.48 Å². The van der Waals surface area contributed by atoms with Gasteiger partial charge in [-0.2, -0.15) is 0 Å². The first-order valence-corrected chi connectivity index (χ1v) is 4.69. The van der Waals surface area contributed by atoms with Crippen molar-refractivity contribution in [3.8, 4) is 0 Å². The summed E-state index contributed by atoms with van der Waals surface area (Å²) in [5.74, 6) is -1.18. The highest BCUT2D eigenvalue weighted by molar-refractivity contribution is 5.72. The standard InChI is InChI=1S/C9H12N2O5/c1-2-16-6(9(14)15)5-11-8(13)4-3-7(12)10-11/h3-4,6H,2,5H2,1H3,(H,10,12)(H,14,15). The zero-order valence-corrected chi connectivity index (χ0v) is 8.67. The van der Waals surface area contributed by atoms with Crippen LogP contribution in [0.2, 0.25) is 0 Å². The van der Waals surface area contributed by atoms with Gasteiger partial charge in [0.15, 0.2) is 6.10 Å². The number of H-pyrrole nitrogens is 1. The van der Waals surface area contributed by atoms with Gasteiger partial charge in [0.25, 0.3) is 11.1 Å². The maximum atomic E-state index is 11.3. The summed E-state index contributed by atoms with van der Waals surface area (Å²) in [6.07, 6.45) is -1.15. The predicted octanol–water partition coefficient (Wildman–Crippen LogP) is -0.974. The van der Waals surface area contributed by atoms with Gasteiger partial charge in [-0.1, -0.05) is 0 Å². The lowest BCUT2D eigenvalue weighted by molar-refractivity contribution is -0.151. The SMILES string of the molecule is CCOC(Cn1[nH]c(=O)ccc1=O)C(=O)O. The first kappa shape index (κ1) is 12.2. The van der Waals surface area contributed by atoms with E-state index in [1.165, 1.54) is 0 Å². The van der Waals surface area contributed by atoms with Crippen molar-refractivity contribution in [3.05, 3.63) is 32.8 Å². The van der Waals surface area contributed by atoms with E-state index in [4.69, 9.17) is 9.84 Å². The molecule has 1 atom stereocenters. The Morgan fingerprint density at radius 2 is 2.25 bits per heavy atom. The Morgan fingerprint density at radius 3 is 2.81 bits per heavy atom. The molecule has 0 amide bonds. The second-order valence-corrected chi connectivity index (χ2v) is 3.04. The fourth-order valence-electron chi connectivity index (χ4n) is 1.17. The molecule has 0 spiro atoms. The Hall–Kier alpha value is -1.89. The third-order valence-corrected chi connectivity index (χ3v) is 1.88. The van der Waals surface area contributed by atoms with Gasteiger partial charge in [-0.3, -0.25) is 14.7 Å². The van der Waals surface area contributed by atoms with Gasteiger partial charge in [0.05, 0.1) is 6.54 Å². The third kappa shape index (κ3) is 3.06. The van der Waals surface area contributed by atoms with E-state index < -0.39 is 23.2 Å². The first-order chi connectivity index (χ1) is 7.54. The minimum absolute atomic E-state index is 0.211. The highest BCUT2D eigenvalue weighted by atomic mass is 16.5. The van der Waals surface area contributed by atoms with Crippen LogP contribution in [0.4, 0.5) is 0 Å². The normalized spacial score (nSPS) is 12.3. The van der Waals surface area contributed by atoms with Crippen LogP contribution in [0, 0.1) is 0 Å². The Morgan fingerprint density at radius 1 is 1.56 bits per heavy atom. The Kier molecular flexibility index (Phi) is 4.01. The quantitative estimate of drug-likeness (QED) is 0.675. The Bertz CT molecular complexity index is 475. The van der Waals surface area contributed by atoms with Gasteiger partial charge >= 0.3 is 5.97 Å². The summed E-state index contributed by atoms with van der Waals surface area (Å²) in [4.78, 5) is 33.0. The molecule has 0 bridgehead atoms. The van der Waals surface area contributed by atoms with Crippen LogP contribution in [0.5, 0.6) is 0 Å². The largest absolute Gasteiger partial charge is 0.479 e. The molecule has 0 fully saturated rings. The molecular formula is C9H12N2O5. The van der Waals surface area contributed by atoms with Crippen molar-refractivity contribution in [3.63, 3.8) is 0 Å². The molecule has 1 rings (SSSR count). The predicted molar refractivity (Wildman–Crippen MR) is 54.4 cm³/mol. The lowest BCUT2D eigenvalue weighted by atomic mass is 10.3. The van der Waals surface area contributed by atoms with E-state index in [0.29, 0.717) is 0 Å². The van der Waals surface area contributed by atoms with Crippen LogP contribution in [-0.2, 0) is 16.1 Å². The number of carboxylic acid groups (broad SMARTS) is 1. The average molecular weight is 228 g/mol. The van der Waals surface area contributed by atoms with E-state index in [1.54, 1.807) is 6.92 Å². The third-order valence-electron chi connectivity index (χ3n) is 1.88. The minimum Gasteiger partial charge on any atom is -0.479 e. The molecule has 0 aliphatic rings. The fourth-order valence-corrected chi connectivity index (χ4v) is 1.17. The number of nitrogens with one attached hydrogen (secondary N) is 1. The number of hydrogen-bond acceptors (Lipinski definition) is 4. The molecule has 7 heteroatoms. The molecule has 1 aromatic heterocycles. The summed E-state index contributed by atoms with van der Waals surface area (Å²) in [6, 6.07) is 2.15. The van der Waals surface area contributed by atoms with Crippen LogP contribution in [0.15, 0.2) is 21.7 Å². The summed E-state index contributed by atoms with van der Waals surface area (Å²) in [7, 11) is 0. The summed E-state index contributed by atoms with van der Waals surface area (Å²) in [5.41, 5.74) is -0.953. The topological polar surface area (TPSA) is 101 Å². The molecule has 0 radical (unpaired) electrons. The van der Waals surface area contributed by atoms with E-state index in [-0.39, 0.29) is 13.2 Å². The van der Waals surface area contributed by atoms with Crippen LogP contribution in [0.3, 0.4) is 0 Å². The van der Waals surface area contributed by atoms with Crippen molar-refractivity contribution in [2.75, 3.05) is 6.61 Å². The van der Waals surface area contributed by atoms with Crippen LogP contribution in [0.25, 0.3) is 0 Å². The lowest BCUT2D eigenvalue weighted by Crippen LogP contribution is -2.37. The number of carboxylic acids is 1. The summed E-state index contributed by atoms with van der Waals surface area (Å²) in [6.45, 7) is 1.63. The van der Waals surface area contributed by atoms with Crippen LogP contribution < -0.4 is 11.1 Å². The molecule has 88 valence electrons. The number of aromatic nitrogens is 2. The lowest BCUT2D eigenvalue weighted by Gasteiger charge is -2.13. The molecule has 0 aliphatic carbocycles. The monoisotopic (exact) mass is 228 g/mol. The number of rotatable bonds is 5. The number of aliphatic carboxylic acids is 1. The van der Waals surface area contributed by atoms with E-state index in [2.05, 4.69) is 5.10 Å². The maximum Gasteiger partial charge on any atom is 0.334 e. The van der Waals surface area contributed by atoms with E-state index in [1.807, 2.05) is 0 Å². The Balaban J connectivity index is 2.93. The number of ether oxygens (including phenoxy) is 1. The molecule has 1 unspecified atom stereocenters. The summed E-state index contributed by atoms with van der Waals surface area (Å²) >= 11 is 0. The van der Waals surface area contributed by atoms with Crippen LogP contribution >= 0.6 is 0 Å². The van der Waals surface area contributed by atoms with Gasteiger partial charge in [0.2, 0.25) is 0 Å². The molecule has 1 aromatic rings. The van der Waals surface area contributed by atoms with Crippen molar-refractivity contribution in [1.82, 2.24) is 9.78 Å². The van der Waals surface area contributed by atoms with Gasteiger partial charge in [0.1, 0.15) is 0 Å². The summed E-state index contributed by atoms with van der Waals surface area (Å²) < 4.78 is 5.83. The number of hydrogen-bond donors (Lipinski definition) is 2. The van der Waals surface area contributed by atoms with Gasteiger partial charge in [-0.15, -0.1) is 0 Å². The number of aromatic amines is 1. The van der Waals surface area contributed by atoms with E-state index in [9.17, 15) is 14.4 Å². The molecule has 2 N–H and O–H groups in total. The average Bonchev–Trinajstić information content (AvgIpc) is 2.22. The van der Waals surface area contributed by atoms with E-state index >= 15 is 0 Å². The fraction of sp³-hybridized carbons (Fsp3) is 0.444. The number of carbonyl (C=O) groups is 1. The molecule has 0 aromatic carbocycles. The Labute approximate surface area is 90.3 Å². The first-order valence-electron chi connectivity index (χ1n) is 4.69. The van der Waals surface area contributed by atoms with Crippen LogP contribution in [-0.4, -0.2) is 33.6 Å². The van der Waals surface area contributed by atoms with Gasteiger partial charge < -0.3 is 9.84 Å². The van der Waals surface area contributed by atoms with Crippen molar-refractivity contribution < 1.29 is 14.6 Å². The maximum absolute atomic E-state index is 11.3. The molecule has 0 aliphatic heterocycles. The van der Waals surface area contributed by atoms with Crippen molar-refractivity contribution in [2.45, 2.75) is 19.6 Å². The number of nitrogens with zero attached hydrogens (tertiary/aromatic N) is 1. The molecule has 0 saturated heterocycles. The second-order valence-electron chi connectivity index (χ2n) is 3.04. The molecule has 0 saturated carbocycles. The zero-order chi connectivity index (χ0) is 12.1. The smallest absolute Gasteiger partial charge is 0.334 e. The molecule has 16 heavy (non-hydrogen) atoms. The van der Waals surface area contributed by atoms with Crippen molar-refractivity contribution in [2.24, 2.45) is 0 Å². The highest BCUT2D eigenvalue weighted by Gasteiger charge is 2.18. The minimum atomic E-state index is -1.18. The molecule has 7 nitrogen and oxygen atoms in total. The van der Waals surface area contributed by atoms with Crippen molar-refractivity contribution in [1.29, 1.82) is 0 Å². The van der Waals surface area contributed by atoms with Gasteiger partial charge in [-0.05, 0) is 6.92 Å². The highest BCUT2D eigenvalue weighted by Crippen LogP contribution is 1.94.